The fourth-order valence-electron chi connectivity index (χ4n) is 3.73. The van der Waals surface area contributed by atoms with Gasteiger partial charge in [0.25, 0.3) is 5.91 Å². The van der Waals surface area contributed by atoms with Crippen LogP contribution in [0, 0.1) is 0 Å². The molecule has 2 aromatic carbocycles. The molecule has 0 radical (unpaired) electrons. The molecule has 1 N–H and O–H groups in total. The zero-order valence-corrected chi connectivity index (χ0v) is 18.9. The molecular weight excluding hydrogens is 428 g/mol. The van der Waals surface area contributed by atoms with E-state index in [4.69, 9.17) is 16.3 Å². The zero-order chi connectivity index (χ0) is 22.7. The highest BCUT2D eigenvalue weighted by molar-refractivity contribution is 6.31. The van der Waals surface area contributed by atoms with Gasteiger partial charge >= 0.3 is 6.09 Å². The van der Waals surface area contributed by atoms with E-state index in [0.29, 0.717) is 28.6 Å². The summed E-state index contributed by atoms with van der Waals surface area (Å²) in [6.45, 7) is 2.75. The summed E-state index contributed by atoms with van der Waals surface area (Å²) in [5.41, 5.74) is 2.24. The monoisotopic (exact) mass is 452 g/mol. The molecule has 0 bridgehead atoms. The van der Waals surface area contributed by atoms with Crippen LogP contribution in [-0.2, 0) is 19.4 Å². The van der Waals surface area contributed by atoms with E-state index < -0.39 is 6.09 Å². The van der Waals surface area contributed by atoms with Crippen molar-refractivity contribution in [3.05, 3.63) is 70.5 Å². The molecule has 2 amide bonds. The average Bonchev–Trinajstić information content (AvgIpc) is 3.17. The predicted octanol–water partition coefficient (Wildman–Crippen LogP) is 5.32. The number of anilines is 2. The third-order valence-corrected chi connectivity index (χ3v) is 5.74. The smallest absolute Gasteiger partial charge is 0.389 e. The Morgan fingerprint density at radius 3 is 2.69 bits per heavy atom. The fraction of sp³-hybridized carbons (Fsp3) is 0.292. The second kappa shape index (κ2) is 9.44. The molecular formula is C24H25ClN4O3. The van der Waals surface area contributed by atoms with Gasteiger partial charge in [-0.3, -0.25) is 19.6 Å². The first kappa shape index (κ1) is 21.9. The number of aromatic nitrogens is 2. The van der Waals surface area contributed by atoms with Gasteiger partial charge in [-0.15, -0.1) is 0 Å². The summed E-state index contributed by atoms with van der Waals surface area (Å²) in [6.07, 6.45) is 2.99. The van der Waals surface area contributed by atoms with E-state index in [1.54, 1.807) is 31.3 Å². The van der Waals surface area contributed by atoms with Crippen LogP contribution in [-0.4, -0.2) is 28.6 Å². The summed E-state index contributed by atoms with van der Waals surface area (Å²) in [4.78, 5) is 31.8. The summed E-state index contributed by atoms with van der Waals surface area (Å²) in [5, 5.41) is 3.22. The van der Waals surface area contributed by atoms with Crippen LogP contribution < -0.4 is 15.0 Å². The van der Waals surface area contributed by atoms with E-state index in [1.165, 1.54) is 10.5 Å². The first-order chi connectivity index (χ1) is 15.5. The maximum Gasteiger partial charge on any atom is 0.418 e. The Balaban J connectivity index is 1.60. The van der Waals surface area contributed by atoms with Gasteiger partial charge in [-0.2, -0.15) is 0 Å². The number of fused-ring (bicyclic) bond motifs is 1. The number of imidazole rings is 1. The molecule has 3 aromatic rings. The average molecular weight is 453 g/mol. The Hall–Kier alpha value is -3.32. The lowest BCUT2D eigenvalue weighted by atomic mass is 10.1. The Morgan fingerprint density at radius 2 is 1.97 bits per heavy atom. The molecule has 7 nitrogen and oxygen atoms in total. The van der Waals surface area contributed by atoms with Crippen LogP contribution >= 0.6 is 11.6 Å². The van der Waals surface area contributed by atoms with Crippen molar-refractivity contribution in [1.29, 1.82) is 0 Å². The van der Waals surface area contributed by atoms with Gasteiger partial charge in [-0.25, -0.2) is 9.78 Å². The number of carbonyl (C=O) groups is 2. The lowest BCUT2D eigenvalue weighted by Gasteiger charge is -2.18. The highest BCUT2D eigenvalue weighted by Gasteiger charge is 2.28. The molecule has 1 aliphatic heterocycles. The molecule has 1 aliphatic rings. The minimum Gasteiger partial charge on any atom is -0.389 e. The second-order valence-corrected chi connectivity index (χ2v) is 8.14. The van der Waals surface area contributed by atoms with E-state index in [0.717, 1.165) is 31.5 Å². The SMILES string of the molecule is CCc1ccc(NC(=O)Oc2c(N(C)C(=O)c3cccc(Cl)c3)nc3n2CCCC3)cc1. The Morgan fingerprint density at radius 1 is 1.19 bits per heavy atom. The van der Waals surface area contributed by atoms with Crippen LogP contribution in [0.3, 0.4) is 0 Å². The van der Waals surface area contributed by atoms with Crippen LogP contribution in [0.25, 0.3) is 0 Å². The normalized spacial score (nSPS) is 12.7. The number of rotatable bonds is 5. The molecule has 0 spiro atoms. The molecule has 0 atom stereocenters. The molecule has 0 fully saturated rings. The van der Waals surface area contributed by atoms with E-state index in [2.05, 4.69) is 17.2 Å². The van der Waals surface area contributed by atoms with Crippen LogP contribution in [0.4, 0.5) is 16.3 Å². The lowest BCUT2D eigenvalue weighted by Crippen LogP contribution is -2.28. The van der Waals surface area contributed by atoms with Gasteiger partial charge < -0.3 is 4.74 Å². The molecule has 2 heterocycles. The Kier molecular flexibility index (Phi) is 6.46. The van der Waals surface area contributed by atoms with Crippen molar-refractivity contribution in [3.63, 3.8) is 0 Å². The maximum absolute atomic E-state index is 13.1. The first-order valence-electron chi connectivity index (χ1n) is 10.7. The largest absolute Gasteiger partial charge is 0.418 e. The van der Waals surface area contributed by atoms with Crippen LogP contribution in [0.2, 0.25) is 5.02 Å². The highest BCUT2D eigenvalue weighted by Crippen LogP contribution is 2.33. The second-order valence-electron chi connectivity index (χ2n) is 7.71. The van der Waals surface area contributed by atoms with E-state index >= 15 is 0 Å². The van der Waals surface area contributed by atoms with Gasteiger partial charge in [0.2, 0.25) is 5.88 Å². The standard InChI is InChI=1S/C24H25ClN4O3/c1-3-16-10-12-19(13-11-16)26-24(31)32-23-21(27-20-9-4-5-14-29(20)23)28(2)22(30)17-7-6-8-18(25)15-17/h6-8,10-13,15H,3-5,9,14H2,1-2H3,(H,26,31). The number of halogens is 1. The molecule has 0 saturated carbocycles. The quantitative estimate of drug-likeness (QED) is 0.568. The highest BCUT2D eigenvalue weighted by atomic mass is 35.5. The summed E-state index contributed by atoms with van der Waals surface area (Å²) in [5.74, 6) is 1.08. The van der Waals surface area contributed by atoms with Crippen LogP contribution in [0.1, 0.15) is 41.5 Å². The lowest BCUT2D eigenvalue weighted by molar-refractivity contribution is 0.0991. The minimum atomic E-state index is -0.632. The number of aryl methyl sites for hydroxylation is 2. The molecule has 8 heteroatoms. The number of benzene rings is 2. The van der Waals surface area contributed by atoms with Gasteiger partial charge in [0.05, 0.1) is 0 Å². The van der Waals surface area contributed by atoms with Crippen LogP contribution in [0.5, 0.6) is 5.88 Å². The topological polar surface area (TPSA) is 76.5 Å². The first-order valence-corrected chi connectivity index (χ1v) is 11.0. The van der Waals surface area contributed by atoms with Crippen molar-refractivity contribution < 1.29 is 14.3 Å². The number of hydrogen-bond donors (Lipinski definition) is 1. The molecule has 32 heavy (non-hydrogen) atoms. The number of amides is 2. The van der Waals surface area contributed by atoms with Gasteiger partial charge in [0.15, 0.2) is 5.82 Å². The molecule has 0 unspecified atom stereocenters. The number of carbonyl (C=O) groups excluding carboxylic acids is 2. The zero-order valence-electron chi connectivity index (χ0n) is 18.1. The predicted molar refractivity (Wildman–Crippen MR) is 125 cm³/mol. The number of hydrogen-bond acceptors (Lipinski definition) is 4. The molecule has 1 aromatic heterocycles. The van der Waals surface area contributed by atoms with Gasteiger partial charge in [0, 0.05) is 36.3 Å². The molecule has 4 rings (SSSR count). The molecule has 0 saturated heterocycles. The Bertz CT molecular complexity index is 1140. The summed E-state index contributed by atoms with van der Waals surface area (Å²) in [7, 11) is 1.62. The van der Waals surface area contributed by atoms with Crippen molar-refractivity contribution in [1.82, 2.24) is 9.55 Å². The van der Waals surface area contributed by atoms with Crippen molar-refractivity contribution in [3.8, 4) is 5.88 Å². The summed E-state index contributed by atoms with van der Waals surface area (Å²) in [6, 6.07) is 14.3. The van der Waals surface area contributed by atoms with Crippen molar-refractivity contribution in [2.75, 3.05) is 17.3 Å². The van der Waals surface area contributed by atoms with Gasteiger partial charge in [0.1, 0.15) is 5.82 Å². The number of nitrogens with zero attached hydrogens (tertiary/aromatic N) is 3. The molecule has 0 aliphatic carbocycles. The van der Waals surface area contributed by atoms with E-state index in [1.807, 2.05) is 28.8 Å². The van der Waals surface area contributed by atoms with Crippen molar-refractivity contribution in [2.24, 2.45) is 0 Å². The van der Waals surface area contributed by atoms with Gasteiger partial charge in [-0.1, -0.05) is 36.7 Å². The van der Waals surface area contributed by atoms with Crippen LogP contribution in [0.15, 0.2) is 48.5 Å². The van der Waals surface area contributed by atoms with E-state index in [-0.39, 0.29) is 11.8 Å². The van der Waals surface area contributed by atoms with Crippen molar-refractivity contribution in [2.45, 2.75) is 39.2 Å². The third kappa shape index (κ3) is 4.62. The van der Waals surface area contributed by atoms with Crippen molar-refractivity contribution >= 4 is 35.1 Å². The fourth-order valence-corrected chi connectivity index (χ4v) is 3.92. The summed E-state index contributed by atoms with van der Waals surface area (Å²) >= 11 is 6.05. The van der Waals surface area contributed by atoms with E-state index in [9.17, 15) is 9.59 Å². The van der Waals surface area contributed by atoms with Gasteiger partial charge in [-0.05, 0) is 55.2 Å². The summed E-state index contributed by atoms with van der Waals surface area (Å²) < 4.78 is 7.58. The maximum atomic E-state index is 13.1. The molecule has 166 valence electrons. The minimum absolute atomic E-state index is 0.264. The third-order valence-electron chi connectivity index (χ3n) is 5.51. The number of ether oxygens (including phenoxy) is 1. The Labute approximate surface area is 192 Å². The number of nitrogens with one attached hydrogen (secondary N) is 1.